The summed E-state index contributed by atoms with van der Waals surface area (Å²) in [5.41, 5.74) is 2.21. The first-order valence-corrected chi connectivity index (χ1v) is 8.15. The van der Waals surface area contributed by atoms with Gasteiger partial charge in [-0.1, -0.05) is 29.8 Å². The van der Waals surface area contributed by atoms with Crippen molar-refractivity contribution in [2.24, 2.45) is 0 Å². The van der Waals surface area contributed by atoms with Crippen molar-refractivity contribution in [2.75, 3.05) is 32.8 Å². The molecule has 0 spiro atoms. The first kappa shape index (κ1) is 18.0. The fourth-order valence-electron chi connectivity index (χ4n) is 2.08. The molecule has 4 nitrogen and oxygen atoms in total. The average molecular weight is 357 g/mol. The summed E-state index contributed by atoms with van der Waals surface area (Å²) in [4.78, 5) is 14.0. The second kappa shape index (κ2) is 9.05. The second-order valence-corrected chi connectivity index (χ2v) is 5.83. The third-order valence-electron chi connectivity index (χ3n) is 3.42. The Hall–Kier alpha value is -1.07. The highest BCUT2D eigenvalue weighted by Gasteiger charge is 2.06. The molecule has 0 saturated carbocycles. The second-order valence-electron chi connectivity index (χ2n) is 5.04. The molecular weight excluding hydrogens is 332 g/mol. The summed E-state index contributed by atoms with van der Waals surface area (Å²) in [6.45, 7) is 11.8. The first-order valence-electron chi connectivity index (χ1n) is 7.36. The molecule has 118 valence electrons. The van der Waals surface area contributed by atoms with Crippen LogP contribution in [0.5, 0.6) is 5.75 Å². The minimum Gasteiger partial charge on any atom is -0.484 e. The maximum Gasteiger partial charge on any atom is 0.257 e. The van der Waals surface area contributed by atoms with Crippen molar-refractivity contribution in [3.05, 3.63) is 27.7 Å². The number of rotatable bonds is 8. The van der Waals surface area contributed by atoms with E-state index in [4.69, 9.17) is 4.74 Å². The van der Waals surface area contributed by atoms with Gasteiger partial charge in [0, 0.05) is 17.6 Å². The number of nitrogens with one attached hydrogen (secondary N) is 1. The monoisotopic (exact) mass is 356 g/mol. The summed E-state index contributed by atoms with van der Waals surface area (Å²) in [6.07, 6.45) is 0. The van der Waals surface area contributed by atoms with Gasteiger partial charge in [-0.05, 0) is 50.2 Å². The quantitative estimate of drug-likeness (QED) is 0.778. The molecule has 1 rings (SSSR count). The number of halogens is 1. The van der Waals surface area contributed by atoms with Gasteiger partial charge in [-0.3, -0.25) is 4.79 Å². The molecule has 0 aliphatic carbocycles. The van der Waals surface area contributed by atoms with Gasteiger partial charge in [-0.2, -0.15) is 0 Å². The van der Waals surface area contributed by atoms with E-state index in [1.165, 1.54) is 0 Å². The van der Waals surface area contributed by atoms with Crippen LogP contribution in [0.1, 0.15) is 25.0 Å². The molecular formula is C16H25BrN2O2. The van der Waals surface area contributed by atoms with Gasteiger partial charge in [0.05, 0.1) is 0 Å². The van der Waals surface area contributed by atoms with E-state index in [1.54, 1.807) is 0 Å². The van der Waals surface area contributed by atoms with Gasteiger partial charge in [0.15, 0.2) is 6.61 Å². The van der Waals surface area contributed by atoms with Crippen molar-refractivity contribution < 1.29 is 9.53 Å². The summed E-state index contributed by atoms with van der Waals surface area (Å²) >= 11 is 3.52. The number of hydrogen-bond acceptors (Lipinski definition) is 3. The molecule has 0 atom stereocenters. The standard InChI is InChI=1S/C16H25BrN2O2/c1-5-19(6-2)8-7-18-15(20)11-21-14-9-12(3)16(17)13(4)10-14/h9-10H,5-8,11H2,1-4H3,(H,18,20). The summed E-state index contributed by atoms with van der Waals surface area (Å²) in [7, 11) is 0. The fraction of sp³-hybridized carbons (Fsp3) is 0.562. The van der Waals surface area contributed by atoms with Crippen molar-refractivity contribution in [2.45, 2.75) is 27.7 Å². The molecule has 0 saturated heterocycles. The van der Waals surface area contributed by atoms with Crippen LogP contribution in [0.3, 0.4) is 0 Å². The van der Waals surface area contributed by atoms with Crippen molar-refractivity contribution in [3.8, 4) is 5.75 Å². The Bertz CT molecular complexity index is 450. The SMILES string of the molecule is CCN(CC)CCNC(=O)COc1cc(C)c(Br)c(C)c1. The zero-order chi connectivity index (χ0) is 15.8. The van der Waals surface area contributed by atoms with Crippen molar-refractivity contribution in [3.63, 3.8) is 0 Å². The number of carbonyl (C=O) groups is 1. The van der Waals surface area contributed by atoms with Crippen molar-refractivity contribution in [1.82, 2.24) is 10.2 Å². The van der Waals surface area contributed by atoms with Gasteiger partial charge in [0.25, 0.3) is 5.91 Å². The van der Waals surface area contributed by atoms with E-state index in [2.05, 4.69) is 40.0 Å². The van der Waals surface area contributed by atoms with Crippen LogP contribution in [0, 0.1) is 13.8 Å². The molecule has 0 radical (unpaired) electrons. The third-order valence-corrected chi connectivity index (χ3v) is 4.68. The van der Waals surface area contributed by atoms with E-state index in [0.717, 1.165) is 41.0 Å². The highest BCUT2D eigenvalue weighted by atomic mass is 79.9. The Morgan fingerprint density at radius 2 is 1.81 bits per heavy atom. The molecule has 0 fully saturated rings. The number of hydrogen-bond donors (Lipinski definition) is 1. The molecule has 0 aliphatic heterocycles. The minimum atomic E-state index is -0.0830. The molecule has 1 aromatic carbocycles. The van der Waals surface area contributed by atoms with E-state index in [9.17, 15) is 4.79 Å². The number of aryl methyl sites for hydroxylation is 2. The third kappa shape index (κ3) is 6.06. The zero-order valence-corrected chi connectivity index (χ0v) is 14.9. The molecule has 0 unspecified atom stereocenters. The lowest BCUT2D eigenvalue weighted by atomic mass is 10.1. The summed E-state index contributed by atoms with van der Waals surface area (Å²) < 4.78 is 6.63. The van der Waals surface area contributed by atoms with Crippen LogP contribution in [-0.4, -0.2) is 43.6 Å². The van der Waals surface area contributed by atoms with Gasteiger partial charge < -0.3 is 15.0 Å². The van der Waals surface area contributed by atoms with Crippen molar-refractivity contribution >= 4 is 21.8 Å². The average Bonchev–Trinajstić information content (AvgIpc) is 2.47. The lowest BCUT2D eigenvalue weighted by Gasteiger charge is -2.18. The highest BCUT2D eigenvalue weighted by molar-refractivity contribution is 9.10. The molecule has 0 heterocycles. The van der Waals surface area contributed by atoms with E-state index >= 15 is 0 Å². The van der Waals surface area contributed by atoms with Gasteiger partial charge >= 0.3 is 0 Å². The number of likely N-dealkylation sites (N-methyl/N-ethyl adjacent to an activating group) is 1. The highest BCUT2D eigenvalue weighted by Crippen LogP contribution is 2.26. The molecule has 1 aromatic rings. The zero-order valence-electron chi connectivity index (χ0n) is 13.3. The van der Waals surface area contributed by atoms with Gasteiger partial charge in [0.1, 0.15) is 5.75 Å². The predicted octanol–water partition coefficient (Wildman–Crippen LogP) is 2.90. The van der Waals surface area contributed by atoms with Crippen LogP contribution in [0.4, 0.5) is 0 Å². The van der Waals surface area contributed by atoms with Gasteiger partial charge in [-0.25, -0.2) is 0 Å². The van der Waals surface area contributed by atoms with E-state index < -0.39 is 0 Å². The van der Waals surface area contributed by atoms with Crippen LogP contribution in [0.2, 0.25) is 0 Å². The van der Waals surface area contributed by atoms with Crippen LogP contribution in [-0.2, 0) is 4.79 Å². The Morgan fingerprint density at radius 3 is 2.33 bits per heavy atom. The molecule has 0 aromatic heterocycles. The Balaban J connectivity index is 2.36. The fourth-order valence-corrected chi connectivity index (χ4v) is 2.31. The summed E-state index contributed by atoms with van der Waals surface area (Å²) in [6, 6.07) is 3.86. The molecule has 21 heavy (non-hydrogen) atoms. The number of ether oxygens (including phenoxy) is 1. The lowest BCUT2D eigenvalue weighted by Crippen LogP contribution is -2.36. The van der Waals surface area contributed by atoms with Crippen LogP contribution < -0.4 is 10.1 Å². The first-order chi connectivity index (χ1) is 9.97. The number of carbonyl (C=O) groups excluding carboxylic acids is 1. The Kier molecular flexibility index (Phi) is 7.75. The summed E-state index contributed by atoms with van der Waals surface area (Å²) in [5.74, 6) is 0.646. The maximum absolute atomic E-state index is 11.7. The van der Waals surface area contributed by atoms with Crippen LogP contribution >= 0.6 is 15.9 Å². The molecule has 0 bridgehead atoms. The number of amides is 1. The summed E-state index contributed by atoms with van der Waals surface area (Å²) in [5, 5.41) is 2.88. The smallest absolute Gasteiger partial charge is 0.257 e. The number of benzene rings is 1. The van der Waals surface area contributed by atoms with E-state index in [1.807, 2.05) is 26.0 Å². The van der Waals surface area contributed by atoms with E-state index in [0.29, 0.717) is 6.54 Å². The molecule has 1 N–H and O–H groups in total. The maximum atomic E-state index is 11.7. The molecule has 5 heteroatoms. The predicted molar refractivity (Wildman–Crippen MR) is 89.9 cm³/mol. The largest absolute Gasteiger partial charge is 0.484 e. The van der Waals surface area contributed by atoms with Gasteiger partial charge in [-0.15, -0.1) is 0 Å². The van der Waals surface area contributed by atoms with Crippen molar-refractivity contribution in [1.29, 1.82) is 0 Å². The van der Waals surface area contributed by atoms with Gasteiger partial charge in [0.2, 0.25) is 0 Å². The lowest BCUT2D eigenvalue weighted by molar-refractivity contribution is -0.123. The van der Waals surface area contributed by atoms with Crippen LogP contribution in [0.25, 0.3) is 0 Å². The van der Waals surface area contributed by atoms with Crippen LogP contribution in [0.15, 0.2) is 16.6 Å². The Morgan fingerprint density at radius 1 is 1.24 bits per heavy atom. The minimum absolute atomic E-state index is 0.0543. The topological polar surface area (TPSA) is 41.6 Å². The number of nitrogens with zero attached hydrogens (tertiary/aromatic N) is 1. The van der Waals surface area contributed by atoms with E-state index in [-0.39, 0.29) is 12.5 Å². The molecule has 0 aliphatic rings. The normalized spacial score (nSPS) is 10.8. The molecule has 1 amide bonds. The Labute approximate surface area is 136 Å².